The van der Waals surface area contributed by atoms with E-state index in [1.165, 1.54) is 5.56 Å². The molecule has 2 N–H and O–H groups in total. The minimum absolute atomic E-state index is 0.0325. The first-order valence-corrected chi connectivity index (χ1v) is 3.68. The van der Waals surface area contributed by atoms with Crippen LogP contribution >= 0.6 is 0 Å². The Morgan fingerprint density at radius 3 is 2.82 bits per heavy atom. The SMILES string of the molecule is C=CC(N)c1cccc(C)c1. The fourth-order valence-electron chi connectivity index (χ4n) is 1.01. The van der Waals surface area contributed by atoms with Crippen LogP contribution in [0.3, 0.4) is 0 Å². The van der Waals surface area contributed by atoms with Gasteiger partial charge in [-0.2, -0.15) is 0 Å². The van der Waals surface area contributed by atoms with Gasteiger partial charge in [-0.25, -0.2) is 0 Å². The van der Waals surface area contributed by atoms with E-state index in [4.69, 9.17) is 5.73 Å². The molecule has 1 atom stereocenters. The highest BCUT2D eigenvalue weighted by Gasteiger charge is 1.98. The van der Waals surface area contributed by atoms with Crippen LogP contribution in [-0.4, -0.2) is 0 Å². The molecular formula is C10H13N. The van der Waals surface area contributed by atoms with Crippen LogP contribution in [0.15, 0.2) is 36.9 Å². The summed E-state index contributed by atoms with van der Waals surface area (Å²) < 4.78 is 0. The summed E-state index contributed by atoms with van der Waals surface area (Å²) in [6, 6.07) is 8.12. The second kappa shape index (κ2) is 3.35. The van der Waals surface area contributed by atoms with Crippen molar-refractivity contribution in [3.05, 3.63) is 48.0 Å². The van der Waals surface area contributed by atoms with E-state index in [1.807, 2.05) is 12.1 Å². The van der Waals surface area contributed by atoms with Gasteiger partial charge in [0.1, 0.15) is 0 Å². The first-order chi connectivity index (χ1) is 5.24. The molecule has 0 spiro atoms. The monoisotopic (exact) mass is 147 g/mol. The summed E-state index contributed by atoms with van der Waals surface area (Å²) >= 11 is 0. The van der Waals surface area contributed by atoms with Gasteiger partial charge in [-0.3, -0.25) is 0 Å². The first-order valence-electron chi connectivity index (χ1n) is 3.68. The zero-order chi connectivity index (χ0) is 8.27. The summed E-state index contributed by atoms with van der Waals surface area (Å²) in [6.45, 7) is 5.70. The topological polar surface area (TPSA) is 26.0 Å². The van der Waals surface area contributed by atoms with Crippen LogP contribution in [0.2, 0.25) is 0 Å². The zero-order valence-electron chi connectivity index (χ0n) is 6.75. The lowest BCUT2D eigenvalue weighted by Crippen LogP contribution is -2.06. The van der Waals surface area contributed by atoms with Crippen LogP contribution in [0.1, 0.15) is 17.2 Å². The molecule has 0 bridgehead atoms. The number of hydrogen-bond acceptors (Lipinski definition) is 1. The van der Waals surface area contributed by atoms with Gasteiger partial charge in [0, 0.05) is 6.04 Å². The van der Waals surface area contributed by atoms with Gasteiger partial charge < -0.3 is 5.73 Å². The van der Waals surface area contributed by atoms with Gasteiger partial charge in [-0.15, -0.1) is 6.58 Å². The molecule has 58 valence electrons. The van der Waals surface area contributed by atoms with E-state index in [1.54, 1.807) is 6.08 Å². The third-order valence-corrected chi connectivity index (χ3v) is 1.68. The molecule has 1 rings (SSSR count). The first kappa shape index (κ1) is 8.02. The molecule has 1 unspecified atom stereocenters. The molecule has 0 aromatic heterocycles. The van der Waals surface area contributed by atoms with Crippen molar-refractivity contribution in [2.45, 2.75) is 13.0 Å². The van der Waals surface area contributed by atoms with Gasteiger partial charge in [-0.05, 0) is 12.5 Å². The third-order valence-electron chi connectivity index (χ3n) is 1.68. The summed E-state index contributed by atoms with van der Waals surface area (Å²) in [5.74, 6) is 0. The lowest BCUT2D eigenvalue weighted by atomic mass is 10.1. The molecule has 1 heteroatoms. The van der Waals surface area contributed by atoms with Gasteiger partial charge in [0.2, 0.25) is 0 Å². The van der Waals surface area contributed by atoms with E-state index in [2.05, 4.69) is 25.6 Å². The van der Waals surface area contributed by atoms with E-state index in [0.29, 0.717) is 0 Å². The fraction of sp³-hybridized carbons (Fsp3) is 0.200. The summed E-state index contributed by atoms with van der Waals surface area (Å²) in [7, 11) is 0. The Balaban J connectivity index is 2.95. The summed E-state index contributed by atoms with van der Waals surface area (Å²) in [5.41, 5.74) is 8.11. The number of aryl methyl sites for hydroxylation is 1. The normalized spacial score (nSPS) is 12.5. The summed E-state index contributed by atoms with van der Waals surface area (Å²) in [4.78, 5) is 0. The predicted octanol–water partition coefficient (Wildman–Crippen LogP) is 2.18. The Morgan fingerprint density at radius 2 is 2.27 bits per heavy atom. The van der Waals surface area contributed by atoms with E-state index < -0.39 is 0 Å². The highest BCUT2D eigenvalue weighted by atomic mass is 14.6. The van der Waals surface area contributed by atoms with Gasteiger partial charge in [0.05, 0.1) is 0 Å². The number of rotatable bonds is 2. The molecule has 0 aliphatic rings. The Hall–Kier alpha value is -1.08. The molecule has 0 saturated heterocycles. The third kappa shape index (κ3) is 1.92. The molecular weight excluding hydrogens is 134 g/mol. The van der Waals surface area contributed by atoms with Gasteiger partial charge in [0.15, 0.2) is 0 Å². The van der Waals surface area contributed by atoms with Crippen LogP contribution in [0.4, 0.5) is 0 Å². The van der Waals surface area contributed by atoms with E-state index >= 15 is 0 Å². The van der Waals surface area contributed by atoms with Crippen molar-refractivity contribution in [2.24, 2.45) is 5.73 Å². The quantitative estimate of drug-likeness (QED) is 0.637. The van der Waals surface area contributed by atoms with Crippen molar-refractivity contribution >= 4 is 0 Å². The largest absolute Gasteiger partial charge is 0.321 e. The minimum Gasteiger partial charge on any atom is -0.321 e. The Bertz CT molecular complexity index is 253. The molecule has 1 aromatic carbocycles. The maximum atomic E-state index is 5.75. The van der Waals surface area contributed by atoms with Crippen LogP contribution in [-0.2, 0) is 0 Å². The lowest BCUT2D eigenvalue weighted by Gasteiger charge is -2.06. The molecule has 0 radical (unpaired) electrons. The van der Waals surface area contributed by atoms with E-state index in [0.717, 1.165) is 5.56 Å². The standard InChI is InChI=1S/C10H13N/c1-3-10(11)9-6-4-5-8(2)7-9/h3-7,10H,1,11H2,2H3. The second-order valence-corrected chi connectivity index (χ2v) is 2.68. The molecule has 0 saturated carbocycles. The van der Waals surface area contributed by atoms with Gasteiger partial charge in [0.25, 0.3) is 0 Å². The Labute approximate surface area is 67.5 Å². The smallest absolute Gasteiger partial charge is 0.0478 e. The maximum Gasteiger partial charge on any atom is 0.0478 e. The molecule has 0 amide bonds. The van der Waals surface area contributed by atoms with Crippen molar-refractivity contribution < 1.29 is 0 Å². The van der Waals surface area contributed by atoms with Crippen molar-refractivity contribution in [1.29, 1.82) is 0 Å². The number of nitrogens with two attached hydrogens (primary N) is 1. The average Bonchev–Trinajstić information content (AvgIpc) is 2.03. The summed E-state index contributed by atoms with van der Waals surface area (Å²) in [5, 5.41) is 0. The molecule has 1 aromatic rings. The molecule has 0 heterocycles. The molecule has 0 aliphatic heterocycles. The maximum absolute atomic E-state index is 5.75. The molecule has 0 fully saturated rings. The van der Waals surface area contributed by atoms with Crippen molar-refractivity contribution in [3.63, 3.8) is 0 Å². The van der Waals surface area contributed by atoms with E-state index in [-0.39, 0.29) is 6.04 Å². The van der Waals surface area contributed by atoms with Crippen molar-refractivity contribution in [2.75, 3.05) is 0 Å². The Kier molecular flexibility index (Phi) is 2.44. The van der Waals surface area contributed by atoms with Crippen LogP contribution < -0.4 is 5.73 Å². The van der Waals surface area contributed by atoms with Crippen LogP contribution in [0.25, 0.3) is 0 Å². The molecule has 1 nitrogen and oxygen atoms in total. The predicted molar refractivity (Wildman–Crippen MR) is 48.3 cm³/mol. The molecule has 11 heavy (non-hydrogen) atoms. The fourth-order valence-corrected chi connectivity index (χ4v) is 1.01. The summed E-state index contributed by atoms with van der Waals surface area (Å²) in [6.07, 6.45) is 1.74. The number of hydrogen-bond donors (Lipinski definition) is 1. The number of benzene rings is 1. The van der Waals surface area contributed by atoms with Crippen molar-refractivity contribution in [3.8, 4) is 0 Å². The highest BCUT2D eigenvalue weighted by molar-refractivity contribution is 5.26. The molecule has 0 aliphatic carbocycles. The van der Waals surface area contributed by atoms with Crippen LogP contribution in [0, 0.1) is 6.92 Å². The van der Waals surface area contributed by atoms with Gasteiger partial charge in [-0.1, -0.05) is 35.9 Å². The van der Waals surface area contributed by atoms with Crippen molar-refractivity contribution in [1.82, 2.24) is 0 Å². The second-order valence-electron chi connectivity index (χ2n) is 2.68. The Morgan fingerprint density at radius 1 is 1.55 bits per heavy atom. The highest BCUT2D eigenvalue weighted by Crippen LogP contribution is 2.11. The minimum atomic E-state index is -0.0325. The van der Waals surface area contributed by atoms with E-state index in [9.17, 15) is 0 Å². The lowest BCUT2D eigenvalue weighted by molar-refractivity contribution is 0.912. The van der Waals surface area contributed by atoms with Gasteiger partial charge >= 0.3 is 0 Å². The van der Waals surface area contributed by atoms with Crippen LogP contribution in [0.5, 0.6) is 0 Å². The average molecular weight is 147 g/mol. The zero-order valence-corrected chi connectivity index (χ0v) is 6.75.